The monoisotopic (exact) mass is 458 g/mol. The Morgan fingerprint density at radius 1 is 1.12 bits per heavy atom. The Morgan fingerprint density at radius 2 is 1.81 bits per heavy atom. The number of hydrogen-bond donors (Lipinski definition) is 3. The van der Waals surface area contributed by atoms with E-state index in [4.69, 9.17) is 5.11 Å². The number of carboxylic acid groups (broad SMARTS) is 1. The molecule has 1 aromatic carbocycles. The number of nitrogens with one attached hydrogen (secondary N) is 2. The van der Waals surface area contributed by atoms with Gasteiger partial charge in [-0.1, -0.05) is 6.07 Å². The number of urea groups is 1. The molecule has 0 aliphatic heterocycles. The van der Waals surface area contributed by atoms with Crippen molar-refractivity contribution < 1.29 is 23.1 Å². The quantitative estimate of drug-likeness (QED) is 0.558. The van der Waals surface area contributed by atoms with Crippen molar-refractivity contribution in [3.63, 3.8) is 0 Å². The Bertz CT molecular complexity index is 1150. The van der Waals surface area contributed by atoms with Gasteiger partial charge < -0.3 is 15.0 Å². The second kappa shape index (κ2) is 9.15. The highest BCUT2D eigenvalue weighted by atomic mass is 32.2. The zero-order chi connectivity index (χ0) is 22.7. The van der Waals surface area contributed by atoms with Crippen LogP contribution in [0.2, 0.25) is 0 Å². The molecule has 1 aromatic heterocycles. The Kier molecular flexibility index (Phi) is 6.31. The maximum absolute atomic E-state index is 12.5. The molecule has 0 bridgehead atoms. The molecule has 0 saturated heterocycles. The number of aryl methyl sites for hydroxylation is 3. The van der Waals surface area contributed by atoms with Crippen molar-refractivity contribution in [3.05, 3.63) is 51.9 Å². The first kappa shape index (κ1) is 22.1. The number of amides is 2. The van der Waals surface area contributed by atoms with E-state index in [0.717, 1.165) is 60.7 Å². The number of carbonyl (C=O) groups is 2. The molecule has 0 radical (unpaired) electrons. The van der Waals surface area contributed by atoms with Crippen LogP contribution in [0.4, 0.5) is 10.5 Å². The molecular weight excluding hydrogens is 432 g/mol. The molecule has 9 nitrogen and oxygen atoms in total. The number of rotatable bonds is 8. The summed E-state index contributed by atoms with van der Waals surface area (Å²) in [6.45, 7) is 0.393. The molecule has 0 unspecified atom stereocenters. The molecule has 2 aliphatic carbocycles. The number of aromatic nitrogens is 2. The lowest BCUT2D eigenvalue weighted by atomic mass is 9.99. The molecule has 32 heavy (non-hydrogen) atoms. The minimum Gasteiger partial charge on any atom is -0.481 e. The van der Waals surface area contributed by atoms with Gasteiger partial charge in [-0.3, -0.25) is 4.79 Å². The van der Waals surface area contributed by atoms with Gasteiger partial charge in [0.2, 0.25) is 0 Å². The molecule has 0 fully saturated rings. The van der Waals surface area contributed by atoms with Crippen LogP contribution in [0.3, 0.4) is 0 Å². The highest BCUT2D eigenvalue weighted by Gasteiger charge is 2.25. The largest absolute Gasteiger partial charge is 0.481 e. The standard InChI is InChI=1S/C22H26N4O5S/c27-20(28)8-3-11-26-12-10-23-19(26)9-13-32(30,31)25-22(29)24-21-17-6-1-4-15(17)14-16-5-2-7-18(16)21/h9-10,12-14H,1-8,11H2,(H,27,28)(H2,24,25,29). The van der Waals surface area contributed by atoms with E-state index in [0.29, 0.717) is 18.8 Å². The van der Waals surface area contributed by atoms with Gasteiger partial charge in [0, 0.05) is 31.0 Å². The third-order valence-electron chi connectivity index (χ3n) is 5.88. The van der Waals surface area contributed by atoms with Crippen LogP contribution in [0, 0.1) is 0 Å². The summed E-state index contributed by atoms with van der Waals surface area (Å²) in [5.41, 5.74) is 5.52. The molecule has 2 aliphatic rings. The maximum atomic E-state index is 12.5. The highest BCUT2D eigenvalue weighted by Crippen LogP contribution is 2.38. The van der Waals surface area contributed by atoms with E-state index in [-0.39, 0.29) is 6.42 Å². The fraction of sp³-hybridized carbons (Fsp3) is 0.409. The van der Waals surface area contributed by atoms with Gasteiger partial charge in [-0.15, -0.1) is 0 Å². The van der Waals surface area contributed by atoms with Gasteiger partial charge in [0.1, 0.15) is 5.82 Å². The summed E-state index contributed by atoms with van der Waals surface area (Å²) in [7, 11) is -4.05. The minimum absolute atomic E-state index is 0.00819. The van der Waals surface area contributed by atoms with Crippen molar-refractivity contribution in [3.8, 4) is 0 Å². The molecule has 2 amide bonds. The maximum Gasteiger partial charge on any atom is 0.333 e. The molecule has 3 N–H and O–H groups in total. The summed E-state index contributed by atoms with van der Waals surface area (Å²) < 4.78 is 28.6. The Labute approximate surface area is 186 Å². The van der Waals surface area contributed by atoms with E-state index >= 15 is 0 Å². The van der Waals surface area contributed by atoms with Crippen LogP contribution in [0.15, 0.2) is 23.9 Å². The Balaban J connectivity index is 1.43. The first-order valence-electron chi connectivity index (χ1n) is 10.7. The smallest absolute Gasteiger partial charge is 0.333 e. The second-order valence-corrected chi connectivity index (χ2v) is 9.68. The predicted molar refractivity (Wildman–Crippen MR) is 120 cm³/mol. The zero-order valence-corrected chi connectivity index (χ0v) is 18.5. The molecule has 0 saturated carbocycles. The number of benzene rings is 1. The summed E-state index contributed by atoms with van der Waals surface area (Å²) in [6, 6.07) is 1.46. The molecule has 0 atom stereocenters. The van der Waals surface area contributed by atoms with E-state index in [2.05, 4.69) is 16.4 Å². The average Bonchev–Trinajstić information content (AvgIpc) is 3.46. The lowest BCUT2D eigenvalue weighted by Gasteiger charge is -2.16. The van der Waals surface area contributed by atoms with E-state index < -0.39 is 22.0 Å². The van der Waals surface area contributed by atoms with Gasteiger partial charge in [-0.25, -0.2) is 22.9 Å². The summed E-state index contributed by atoms with van der Waals surface area (Å²) in [5.74, 6) is -0.533. The van der Waals surface area contributed by atoms with E-state index in [9.17, 15) is 18.0 Å². The lowest BCUT2D eigenvalue weighted by molar-refractivity contribution is -0.137. The van der Waals surface area contributed by atoms with E-state index in [1.165, 1.54) is 23.4 Å². The van der Waals surface area contributed by atoms with Crippen LogP contribution in [-0.2, 0) is 47.0 Å². The van der Waals surface area contributed by atoms with Crippen molar-refractivity contribution in [2.24, 2.45) is 0 Å². The second-order valence-electron chi connectivity index (χ2n) is 8.11. The number of carboxylic acids is 1. The average molecular weight is 459 g/mol. The van der Waals surface area contributed by atoms with E-state index in [1.54, 1.807) is 10.8 Å². The van der Waals surface area contributed by atoms with Crippen molar-refractivity contribution in [2.45, 2.75) is 57.9 Å². The third kappa shape index (κ3) is 5.01. The number of carbonyl (C=O) groups excluding carboxylic acids is 1. The van der Waals surface area contributed by atoms with Crippen molar-refractivity contribution >= 4 is 33.8 Å². The molecular formula is C22H26N4O5S. The van der Waals surface area contributed by atoms with Crippen LogP contribution in [-0.4, -0.2) is 35.1 Å². The lowest BCUT2D eigenvalue weighted by Crippen LogP contribution is -2.33. The summed E-state index contributed by atoms with van der Waals surface area (Å²) in [4.78, 5) is 27.3. The van der Waals surface area contributed by atoms with E-state index in [1.807, 2.05) is 4.72 Å². The number of anilines is 1. The summed E-state index contributed by atoms with van der Waals surface area (Å²) in [6.07, 6.45) is 10.6. The number of sulfonamides is 1. The first-order chi connectivity index (χ1) is 15.3. The number of nitrogens with zero attached hydrogens (tertiary/aromatic N) is 2. The number of aliphatic carboxylic acids is 1. The van der Waals surface area contributed by atoms with Crippen LogP contribution in [0.25, 0.3) is 6.08 Å². The first-order valence-corrected chi connectivity index (χ1v) is 12.3. The predicted octanol–water partition coefficient (Wildman–Crippen LogP) is 2.85. The Hall–Kier alpha value is -3.14. The molecule has 0 spiro atoms. The van der Waals surface area contributed by atoms with Gasteiger partial charge in [0.15, 0.2) is 0 Å². The topological polar surface area (TPSA) is 130 Å². The number of fused-ring (bicyclic) bond motifs is 2. The molecule has 10 heteroatoms. The fourth-order valence-corrected chi connectivity index (χ4v) is 5.17. The van der Waals surface area contributed by atoms with Crippen LogP contribution < -0.4 is 10.0 Å². The van der Waals surface area contributed by atoms with Gasteiger partial charge in [-0.05, 0) is 73.3 Å². The molecule has 1 heterocycles. The van der Waals surface area contributed by atoms with Crippen molar-refractivity contribution in [1.29, 1.82) is 0 Å². The minimum atomic E-state index is -4.05. The normalized spacial score (nSPS) is 15.0. The van der Waals surface area contributed by atoms with Crippen LogP contribution in [0.5, 0.6) is 0 Å². The van der Waals surface area contributed by atoms with Crippen LogP contribution >= 0.6 is 0 Å². The van der Waals surface area contributed by atoms with Gasteiger partial charge >= 0.3 is 12.0 Å². The van der Waals surface area contributed by atoms with Gasteiger partial charge in [0.25, 0.3) is 10.0 Å². The van der Waals surface area contributed by atoms with Gasteiger partial charge in [-0.2, -0.15) is 0 Å². The number of hydrogen-bond acceptors (Lipinski definition) is 5. The SMILES string of the molecule is O=C(O)CCCn1ccnc1C=CS(=O)(=O)NC(=O)Nc1c2c(cc3c1CCC3)CCC2. The summed E-state index contributed by atoms with van der Waals surface area (Å²) >= 11 is 0. The Morgan fingerprint density at radius 3 is 2.47 bits per heavy atom. The van der Waals surface area contributed by atoms with Crippen molar-refractivity contribution in [1.82, 2.24) is 14.3 Å². The van der Waals surface area contributed by atoms with Gasteiger partial charge in [0.05, 0.1) is 5.41 Å². The highest BCUT2D eigenvalue weighted by molar-refractivity contribution is 7.93. The molecule has 170 valence electrons. The fourth-order valence-electron chi connectivity index (χ4n) is 4.49. The van der Waals surface area contributed by atoms with Crippen LogP contribution in [0.1, 0.15) is 53.8 Å². The van der Waals surface area contributed by atoms with Crippen molar-refractivity contribution in [2.75, 3.05) is 5.32 Å². The zero-order valence-electron chi connectivity index (χ0n) is 17.6. The molecule has 4 rings (SSSR count). The summed E-state index contributed by atoms with van der Waals surface area (Å²) in [5, 5.41) is 12.4. The number of imidazole rings is 1. The third-order valence-corrected chi connectivity index (χ3v) is 6.84. The molecule has 2 aromatic rings.